The topological polar surface area (TPSA) is 118 Å². The third kappa shape index (κ3) is 4.26. The zero-order chi connectivity index (χ0) is 24.5. The molecule has 4 unspecified atom stereocenters. The third-order valence-corrected chi connectivity index (χ3v) is 5.01. The molecule has 0 bridgehead atoms. The van der Waals surface area contributed by atoms with Gasteiger partial charge in [-0.2, -0.15) is 26.3 Å². The molecular formula is C18H20F6N2O6. The minimum absolute atomic E-state index is 0.476. The second kappa shape index (κ2) is 8.83. The fraction of sp³-hybridized carbons (Fsp3) is 0.611. The van der Waals surface area contributed by atoms with E-state index in [0.717, 1.165) is 24.5 Å². The molecule has 8 nitrogen and oxygen atoms in total. The fourth-order valence-corrected chi connectivity index (χ4v) is 3.71. The Morgan fingerprint density at radius 1 is 1.00 bits per heavy atom. The second-order valence-electron chi connectivity index (χ2n) is 6.92. The average Bonchev–Trinajstić information content (AvgIpc) is 2.66. The number of ether oxygens (including phenoxy) is 2. The summed E-state index contributed by atoms with van der Waals surface area (Å²) in [4.78, 5) is 28.8. The fourth-order valence-electron chi connectivity index (χ4n) is 3.71. The maximum absolute atomic E-state index is 13.9. The van der Waals surface area contributed by atoms with E-state index in [1.807, 2.05) is 0 Å². The number of hydrogen-bond donors (Lipinski definition) is 3. The van der Waals surface area contributed by atoms with E-state index in [-0.39, 0.29) is 0 Å². The van der Waals surface area contributed by atoms with Gasteiger partial charge >= 0.3 is 24.3 Å². The van der Waals surface area contributed by atoms with Crippen LogP contribution in [0.25, 0.3) is 0 Å². The van der Waals surface area contributed by atoms with Crippen molar-refractivity contribution in [2.75, 3.05) is 13.2 Å². The lowest BCUT2D eigenvalue weighted by Crippen LogP contribution is -2.81. The van der Waals surface area contributed by atoms with Gasteiger partial charge in [-0.25, -0.2) is 5.32 Å². The van der Waals surface area contributed by atoms with Crippen molar-refractivity contribution in [3.63, 3.8) is 0 Å². The molecule has 1 saturated heterocycles. The van der Waals surface area contributed by atoms with Crippen molar-refractivity contribution < 1.29 is 55.6 Å². The first kappa shape index (κ1) is 25.8. The summed E-state index contributed by atoms with van der Waals surface area (Å²) in [5.41, 5.74) is -9.77. The molecule has 2 rings (SSSR count). The summed E-state index contributed by atoms with van der Waals surface area (Å²) >= 11 is 0. The van der Waals surface area contributed by atoms with E-state index in [1.165, 1.54) is 13.8 Å². The van der Waals surface area contributed by atoms with E-state index in [9.17, 15) is 46.1 Å². The van der Waals surface area contributed by atoms with Gasteiger partial charge in [0.25, 0.3) is 0 Å². The van der Waals surface area contributed by atoms with Gasteiger partial charge in [-0.1, -0.05) is 6.07 Å². The summed E-state index contributed by atoms with van der Waals surface area (Å²) in [7, 11) is 0. The number of pyridine rings is 1. The lowest BCUT2D eigenvalue weighted by atomic mass is 9.64. The Bertz CT molecular complexity index is 787. The quantitative estimate of drug-likeness (QED) is 0.436. The molecule has 32 heavy (non-hydrogen) atoms. The maximum atomic E-state index is 13.9. The number of esters is 2. The number of piperidine rings is 1. The molecule has 3 N–H and O–H groups in total. The molecule has 0 saturated carbocycles. The largest absolute Gasteiger partial charge is 0.466 e. The number of alkyl halides is 6. The first-order chi connectivity index (χ1) is 14.7. The van der Waals surface area contributed by atoms with Crippen LogP contribution in [0.2, 0.25) is 0 Å². The first-order valence-corrected chi connectivity index (χ1v) is 9.26. The van der Waals surface area contributed by atoms with Crippen LogP contribution in [0.5, 0.6) is 0 Å². The monoisotopic (exact) mass is 474 g/mol. The number of aliphatic hydroxyl groups is 2. The van der Waals surface area contributed by atoms with Crippen LogP contribution in [0.4, 0.5) is 26.3 Å². The molecule has 2 heterocycles. The smallest absolute Gasteiger partial charge is 0.432 e. The van der Waals surface area contributed by atoms with E-state index in [1.54, 1.807) is 0 Å². The second-order valence-corrected chi connectivity index (χ2v) is 6.92. The van der Waals surface area contributed by atoms with Gasteiger partial charge in [0, 0.05) is 18.3 Å². The average molecular weight is 474 g/mol. The van der Waals surface area contributed by atoms with Crippen LogP contribution in [-0.4, -0.2) is 64.2 Å². The van der Waals surface area contributed by atoms with Gasteiger partial charge in [0.15, 0.2) is 0 Å². The van der Waals surface area contributed by atoms with Crippen LogP contribution in [0.3, 0.4) is 0 Å². The van der Waals surface area contributed by atoms with Crippen LogP contribution >= 0.6 is 0 Å². The Morgan fingerprint density at radius 2 is 1.44 bits per heavy atom. The summed E-state index contributed by atoms with van der Waals surface area (Å²) in [6.45, 7) is 1.46. The van der Waals surface area contributed by atoms with Crippen LogP contribution in [0, 0.1) is 11.8 Å². The number of halogens is 6. The summed E-state index contributed by atoms with van der Waals surface area (Å²) < 4.78 is 92.8. The summed E-state index contributed by atoms with van der Waals surface area (Å²) in [6.07, 6.45) is -9.91. The van der Waals surface area contributed by atoms with Crippen molar-refractivity contribution in [3.8, 4) is 0 Å². The summed E-state index contributed by atoms with van der Waals surface area (Å²) in [5.74, 6) is -11.6. The van der Waals surface area contributed by atoms with Crippen molar-refractivity contribution in [2.24, 2.45) is 11.8 Å². The van der Waals surface area contributed by atoms with E-state index in [4.69, 9.17) is 0 Å². The Hall–Kier alpha value is -2.45. The summed E-state index contributed by atoms with van der Waals surface area (Å²) in [6, 6.07) is 2.12. The third-order valence-electron chi connectivity index (χ3n) is 5.01. The van der Waals surface area contributed by atoms with Crippen LogP contribution in [-0.2, 0) is 19.1 Å². The highest BCUT2D eigenvalue weighted by atomic mass is 19.4. The van der Waals surface area contributed by atoms with Crippen molar-refractivity contribution >= 4 is 11.9 Å². The van der Waals surface area contributed by atoms with E-state index >= 15 is 0 Å². The molecule has 4 atom stereocenters. The van der Waals surface area contributed by atoms with Gasteiger partial charge in [-0.15, -0.1) is 0 Å². The lowest BCUT2D eigenvalue weighted by Gasteiger charge is -2.54. The normalized spacial score (nSPS) is 31.1. The Labute approximate surface area is 177 Å². The predicted molar refractivity (Wildman–Crippen MR) is 92.4 cm³/mol. The number of nitrogens with one attached hydrogen (secondary N) is 1. The SMILES string of the molecule is CCOC(=O)C1C(c2cccnc2)C(C(=O)OCC)C(O)(C(F)(F)F)NC1(O)C(F)(F)F. The van der Waals surface area contributed by atoms with Crippen molar-refractivity contribution in [1.82, 2.24) is 10.3 Å². The van der Waals surface area contributed by atoms with Gasteiger partial charge < -0.3 is 19.7 Å². The first-order valence-electron chi connectivity index (χ1n) is 9.26. The number of aromatic nitrogens is 1. The highest BCUT2D eigenvalue weighted by Crippen LogP contribution is 2.55. The standard InChI is InChI=1S/C18H20F6N2O6/c1-3-31-13(27)11-10(9-6-5-7-25-8-9)12(14(28)32-4-2)16(30,18(22,23)24)26-15(11,29)17(19,20)21/h5-8,10-12,26,29-30H,3-4H2,1-2H3. The van der Waals surface area contributed by atoms with Gasteiger partial charge in [0.2, 0.25) is 11.4 Å². The molecule has 14 heteroatoms. The minimum atomic E-state index is -5.93. The highest BCUT2D eigenvalue weighted by molar-refractivity contribution is 5.81. The van der Waals surface area contributed by atoms with Crippen molar-refractivity contribution in [2.45, 2.75) is 43.6 Å². The number of nitrogens with zero attached hydrogens (tertiary/aromatic N) is 1. The highest BCUT2D eigenvalue weighted by Gasteiger charge is 2.78. The van der Waals surface area contributed by atoms with Crippen molar-refractivity contribution in [1.29, 1.82) is 0 Å². The van der Waals surface area contributed by atoms with E-state index < -0.39 is 72.3 Å². The molecule has 1 aromatic heterocycles. The van der Waals surface area contributed by atoms with E-state index in [0.29, 0.717) is 5.32 Å². The zero-order valence-electron chi connectivity index (χ0n) is 16.7. The van der Waals surface area contributed by atoms with Crippen LogP contribution in [0.15, 0.2) is 24.5 Å². The molecule has 0 radical (unpaired) electrons. The summed E-state index contributed by atoms with van der Waals surface area (Å²) in [5, 5.41) is 21.6. The number of rotatable bonds is 5. The van der Waals surface area contributed by atoms with Gasteiger partial charge in [-0.05, 0) is 25.5 Å². The molecule has 0 spiro atoms. The maximum Gasteiger partial charge on any atom is 0.432 e. The molecule has 1 aromatic rings. The number of carbonyl (C=O) groups excluding carboxylic acids is 2. The molecule has 180 valence electrons. The predicted octanol–water partition coefficient (Wildman–Crippen LogP) is 1.63. The van der Waals surface area contributed by atoms with E-state index in [2.05, 4.69) is 14.5 Å². The van der Waals surface area contributed by atoms with Gasteiger partial charge in [0.1, 0.15) is 11.8 Å². The van der Waals surface area contributed by atoms with Gasteiger partial charge in [-0.3, -0.25) is 14.6 Å². The van der Waals surface area contributed by atoms with Crippen LogP contribution in [0.1, 0.15) is 25.3 Å². The molecule has 0 aliphatic carbocycles. The molecule has 1 fully saturated rings. The lowest BCUT2D eigenvalue weighted by molar-refractivity contribution is -0.376. The Morgan fingerprint density at radius 3 is 1.75 bits per heavy atom. The Kier molecular flexibility index (Phi) is 7.12. The van der Waals surface area contributed by atoms with Crippen molar-refractivity contribution in [3.05, 3.63) is 30.1 Å². The van der Waals surface area contributed by atoms with Gasteiger partial charge in [0.05, 0.1) is 13.2 Å². The molecule has 0 amide bonds. The number of hydrogen-bond acceptors (Lipinski definition) is 8. The zero-order valence-corrected chi connectivity index (χ0v) is 16.7. The minimum Gasteiger partial charge on any atom is -0.466 e. The number of carbonyl (C=O) groups is 2. The molecule has 0 aromatic carbocycles. The Balaban J connectivity index is 2.93. The molecular weight excluding hydrogens is 454 g/mol. The molecule has 1 aliphatic heterocycles. The van der Waals surface area contributed by atoms with Crippen LogP contribution < -0.4 is 5.32 Å². The molecule has 1 aliphatic rings.